The minimum Gasteiger partial charge on any atom is -0.457 e. The fourth-order valence-corrected chi connectivity index (χ4v) is 2.68. The van der Waals surface area contributed by atoms with Crippen LogP contribution in [-0.4, -0.2) is 0 Å². The van der Waals surface area contributed by atoms with Crippen LogP contribution < -0.4 is 15.2 Å². The van der Waals surface area contributed by atoms with Crippen LogP contribution >= 0.6 is 22.6 Å². The van der Waals surface area contributed by atoms with Crippen molar-refractivity contribution in [3.63, 3.8) is 0 Å². The van der Waals surface area contributed by atoms with Crippen molar-refractivity contribution in [1.82, 2.24) is 0 Å². The summed E-state index contributed by atoms with van der Waals surface area (Å²) in [4.78, 5) is 0. The topological polar surface area (TPSA) is 44.5 Å². The Morgan fingerprint density at radius 2 is 0.800 bits per heavy atom. The fraction of sp³-hybridized carbons (Fsp3) is 0. The molecule has 30 heavy (non-hydrogen) atoms. The summed E-state index contributed by atoms with van der Waals surface area (Å²) >= 11 is 2.23. The Hall–Kier alpha value is -3.13. The highest BCUT2D eigenvalue weighted by Gasteiger charge is 1.98. The van der Waals surface area contributed by atoms with Crippen molar-refractivity contribution in [2.75, 3.05) is 5.73 Å². The highest BCUT2D eigenvalue weighted by Crippen LogP contribution is 2.23. The Morgan fingerprint density at radius 3 is 1.17 bits per heavy atom. The van der Waals surface area contributed by atoms with E-state index in [1.54, 1.807) is 48.5 Å². The van der Waals surface area contributed by atoms with E-state index < -0.39 is 0 Å². The van der Waals surface area contributed by atoms with Gasteiger partial charge in [-0.3, -0.25) is 0 Å². The quantitative estimate of drug-likeness (QED) is 0.226. The first-order chi connectivity index (χ1) is 14.5. The number of nitrogens with two attached hydrogens (primary N) is 1. The van der Waals surface area contributed by atoms with E-state index in [9.17, 15) is 8.78 Å². The molecule has 0 bridgehead atoms. The summed E-state index contributed by atoms with van der Waals surface area (Å²) in [6.07, 6.45) is 0. The number of anilines is 1. The van der Waals surface area contributed by atoms with Gasteiger partial charge in [-0.15, -0.1) is 0 Å². The Morgan fingerprint density at radius 1 is 0.500 bits per heavy atom. The van der Waals surface area contributed by atoms with Crippen LogP contribution in [0.25, 0.3) is 0 Å². The number of ether oxygens (including phenoxy) is 2. The molecule has 0 saturated carbocycles. The molecule has 0 radical (unpaired) electrons. The molecule has 0 aliphatic carbocycles. The first kappa shape index (κ1) is 21.6. The molecule has 0 spiro atoms. The normalized spacial score (nSPS) is 9.97. The van der Waals surface area contributed by atoms with Crippen LogP contribution in [0.15, 0.2) is 97.1 Å². The molecule has 0 fully saturated rings. The minimum absolute atomic E-state index is 0.259. The van der Waals surface area contributed by atoms with Gasteiger partial charge >= 0.3 is 0 Å². The molecule has 4 aromatic carbocycles. The molecule has 0 unspecified atom stereocenters. The maximum absolute atomic E-state index is 12.6. The van der Waals surface area contributed by atoms with Gasteiger partial charge < -0.3 is 15.2 Å². The maximum atomic E-state index is 12.6. The molecule has 4 aromatic rings. The number of halogens is 3. The molecule has 0 amide bonds. The van der Waals surface area contributed by atoms with Gasteiger partial charge in [-0.1, -0.05) is 0 Å². The number of rotatable bonds is 4. The van der Waals surface area contributed by atoms with Gasteiger partial charge in [0.1, 0.15) is 34.6 Å². The van der Waals surface area contributed by atoms with Gasteiger partial charge in [0.25, 0.3) is 0 Å². The SMILES string of the molecule is Fc1ccc(Oc2ccc(I)cc2)cc1.Nc1ccc(Oc2ccc(F)cc2)cc1. The minimum atomic E-state index is -0.278. The predicted octanol–water partition coefficient (Wildman–Crippen LogP) is 7.42. The first-order valence-corrected chi connectivity index (χ1v) is 10.0. The summed E-state index contributed by atoms with van der Waals surface area (Å²) in [6, 6.07) is 26.5. The molecule has 0 aliphatic heterocycles. The molecule has 152 valence electrons. The fourth-order valence-electron chi connectivity index (χ4n) is 2.32. The maximum Gasteiger partial charge on any atom is 0.127 e. The lowest BCUT2D eigenvalue weighted by Gasteiger charge is -2.05. The molecule has 2 N–H and O–H groups in total. The van der Waals surface area contributed by atoms with Crippen molar-refractivity contribution in [1.29, 1.82) is 0 Å². The van der Waals surface area contributed by atoms with Crippen LogP contribution in [-0.2, 0) is 0 Å². The Bertz CT molecular complexity index is 876. The predicted molar refractivity (Wildman–Crippen MR) is 123 cm³/mol. The molecule has 0 aliphatic rings. The Labute approximate surface area is 187 Å². The van der Waals surface area contributed by atoms with E-state index in [0.29, 0.717) is 22.9 Å². The van der Waals surface area contributed by atoms with Gasteiger partial charge in [-0.2, -0.15) is 0 Å². The highest BCUT2D eigenvalue weighted by atomic mass is 127. The monoisotopic (exact) mass is 517 g/mol. The summed E-state index contributed by atoms with van der Waals surface area (Å²) in [5, 5.41) is 0. The van der Waals surface area contributed by atoms with Gasteiger partial charge in [-0.05, 0) is 120 Å². The lowest BCUT2D eigenvalue weighted by Crippen LogP contribution is -1.86. The van der Waals surface area contributed by atoms with E-state index in [2.05, 4.69) is 22.6 Å². The van der Waals surface area contributed by atoms with Crippen LogP contribution in [0.4, 0.5) is 14.5 Å². The van der Waals surface area contributed by atoms with E-state index in [1.165, 1.54) is 24.3 Å². The molecule has 0 heterocycles. The Kier molecular flexibility index (Phi) is 7.62. The van der Waals surface area contributed by atoms with Crippen LogP contribution in [0.3, 0.4) is 0 Å². The van der Waals surface area contributed by atoms with Crippen molar-refractivity contribution in [3.05, 3.63) is 112 Å². The van der Waals surface area contributed by atoms with E-state index in [0.717, 1.165) is 9.32 Å². The van der Waals surface area contributed by atoms with Crippen molar-refractivity contribution in [2.45, 2.75) is 0 Å². The number of hydrogen-bond donors (Lipinski definition) is 1. The van der Waals surface area contributed by atoms with E-state index in [-0.39, 0.29) is 11.6 Å². The third kappa shape index (κ3) is 7.04. The van der Waals surface area contributed by atoms with Crippen molar-refractivity contribution in [3.8, 4) is 23.0 Å². The largest absolute Gasteiger partial charge is 0.457 e. The molecule has 0 atom stereocenters. The van der Waals surface area contributed by atoms with E-state index in [1.807, 2.05) is 24.3 Å². The molecule has 3 nitrogen and oxygen atoms in total. The molecular formula is C24H18F2INO2. The average Bonchev–Trinajstić information content (AvgIpc) is 2.75. The lowest BCUT2D eigenvalue weighted by molar-refractivity contribution is 0.480. The average molecular weight is 517 g/mol. The summed E-state index contributed by atoms with van der Waals surface area (Å²) < 4.78 is 37.4. The zero-order chi connectivity index (χ0) is 21.3. The smallest absolute Gasteiger partial charge is 0.127 e. The second-order valence-corrected chi connectivity index (χ2v) is 7.38. The van der Waals surface area contributed by atoms with Gasteiger partial charge in [0.05, 0.1) is 0 Å². The highest BCUT2D eigenvalue weighted by molar-refractivity contribution is 14.1. The van der Waals surface area contributed by atoms with Crippen molar-refractivity contribution in [2.24, 2.45) is 0 Å². The van der Waals surface area contributed by atoms with Crippen LogP contribution in [0.1, 0.15) is 0 Å². The second kappa shape index (κ2) is 10.6. The molecule has 0 aromatic heterocycles. The summed E-state index contributed by atoms with van der Waals surface area (Å²) in [5.74, 6) is 2.13. The summed E-state index contributed by atoms with van der Waals surface area (Å²) in [5.41, 5.74) is 6.22. The van der Waals surface area contributed by atoms with Gasteiger partial charge in [0.15, 0.2) is 0 Å². The molecule has 0 saturated heterocycles. The third-order valence-corrected chi connectivity index (χ3v) is 4.51. The van der Waals surface area contributed by atoms with Crippen molar-refractivity contribution >= 4 is 28.3 Å². The van der Waals surface area contributed by atoms with Gasteiger partial charge in [0.2, 0.25) is 0 Å². The zero-order valence-corrected chi connectivity index (χ0v) is 17.9. The van der Waals surface area contributed by atoms with Crippen LogP contribution in [0, 0.1) is 15.2 Å². The summed E-state index contributed by atoms with van der Waals surface area (Å²) in [7, 11) is 0. The third-order valence-electron chi connectivity index (χ3n) is 3.79. The molecule has 6 heteroatoms. The van der Waals surface area contributed by atoms with Gasteiger partial charge in [-0.25, -0.2) is 8.78 Å². The second-order valence-electron chi connectivity index (χ2n) is 6.13. The zero-order valence-electron chi connectivity index (χ0n) is 15.8. The van der Waals surface area contributed by atoms with E-state index >= 15 is 0 Å². The van der Waals surface area contributed by atoms with E-state index in [4.69, 9.17) is 15.2 Å². The lowest BCUT2D eigenvalue weighted by atomic mass is 10.3. The first-order valence-electron chi connectivity index (χ1n) is 8.96. The summed E-state index contributed by atoms with van der Waals surface area (Å²) in [6.45, 7) is 0. The molecular weight excluding hydrogens is 499 g/mol. The number of benzene rings is 4. The Balaban J connectivity index is 0.000000171. The van der Waals surface area contributed by atoms with Gasteiger partial charge in [0, 0.05) is 9.26 Å². The number of nitrogen functional groups attached to an aromatic ring is 1. The van der Waals surface area contributed by atoms with Crippen LogP contribution in [0.5, 0.6) is 23.0 Å². The number of hydrogen-bond acceptors (Lipinski definition) is 3. The van der Waals surface area contributed by atoms with Crippen molar-refractivity contribution < 1.29 is 18.3 Å². The van der Waals surface area contributed by atoms with Crippen LogP contribution in [0.2, 0.25) is 0 Å². The molecule has 4 rings (SSSR count). The standard InChI is InChI=1S/C12H8FIO.C12H10FNO/c2*13-9-1-5-11(6-2-9)15-12-7-3-10(14)4-8-12/h1-8H;1-8H,14H2.